The van der Waals surface area contributed by atoms with E-state index in [1.165, 1.54) is 6.07 Å². The standard InChI is InChI=1S/C15H20F3N3O3/c1-24-14(23)19-12-10-11(15(16,17)18)2-3-13(12)21-6-4-20(5-7-21)8-9-22/h2-3,10,22H,4-9H2,1H3,(H,19,23). The number of alkyl halides is 3. The van der Waals surface area contributed by atoms with Crippen LogP contribution in [-0.2, 0) is 10.9 Å². The van der Waals surface area contributed by atoms with Gasteiger partial charge in [0.25, 0.3) is 0 Å². The van der Waals surface area contributed by atoms with Crippen LogP contribution in [0.2, 0.25) is 0 Å². The Labute approximate surface area is 137 Å². The van der Waals surface area contributed by atoms with Crippen molar-refractivity contribution in [2.24, 2.45) is 0 Å². The van der Waals surface area contributed by atoms with Crippen molar-refractivity contribution in [2.45, 2.75) is 6.18 Å². The zero-order valence-corrected chi connectivity index (χ0v) is 13.3. The number of β-amino-alcohol motifs (C(OH)–C–C–N with tert-alkyl or cyclic N) is 1. The molecule has 1 fully saturated rings. The molecule has 2 rings (SSSR count). The Morgan fingerprint density at radius 2 is 1.96 bits per heavy atom. The summed E-state index contributed by atoms with van der Waals surface area (Å²) in [5.41, 5.74) is -0.263. The number of benzene rings is 1. The Morgan fingerprint density at radius 3 is 2.50 bits per heavy atom. The number of hydrogen-bond donors (Lipinski definition) is 2. The molecule has 1 aliphatic heterocycles. The first-order valence-electron chi connectivity index (χ1n) is 7.49. The molecule has 1 aromatic carbocycles. The summed E-state index contributed by atoms with van der Waals surface area (Å²) >= 11 is 0. The number of carbonyl (C=O) groups excluding carboxylic acids is 1. The molecule has 24 heavy (non-hydrogen) atoms. The van der Waals surface area contributed by atoms with E-state index in [9.17, 15) is 18.0 Å². The number of aliphatic hydroxyl groups is 1. The molecule has 9 heteroatoms. The molecule has 1 amide bonds. The van der Waals surface area contributed by atoms with Crippen LogP contribution in [-0.4, -0.2) is 62.5 Å². The molecule has 0 unspecified atom stereocenters. The number of methoxy groups -OCH3 is 1. The number of rotatable bonds is 4. The van der Waals surface area contributed by atoms with Crippen LogP contribution < -0.4 is 10.2 Å². The van der Waals surface area contributed by atoms with Crippen LogP contribution in [0.25, 0.3) is 0 Å². The van der Waals surface area contributed by atoms with Crippen molar-refractivity contribution in [1.82, 2.24) is 4.90 Å². The molecular weight excluding hydrogens is 327 g/mol. The summed E-state index contributed by atoms with van der Waals surface area (Å²) < 4.78 is 43.2. The summed E-state index contributed by atoms with van der Waals surface area (Å²) in [5.74, 6) is 0. The predicted octanol–water partition coefficient (Wildman–Crippen LogP) is 2.00. The predicted molar refractivity (Wildman–Crippen MR) is 83.2 cm³/mol. The van der Waals surface area contributed by atoms with Gasteiger partial charge < -0.3 is 14.7 Å². The largest absolute Gasteiger partial charge is 0.453 e. The summed E-state index contributed by atoms with van der Waals surface area (Å²) in [5, 5.41) is 11.3. The number of hydrogen-bond acceptors (Lipinski definition) is 5. The van der Waals surface area contributed by atoms with E-state index < -0.39 is 17.8 Å². The van der Waals surface area contributed by atoms with Gasteiger partial charge in [0.15, 0.2) is 0 Å². The minimum absolute atomic E-state index is 0.0623. The molecule has 0 aromatic heterocycles. The minimum atomic E-state index is -4.50. The van der Waals surface area contributed by atoms with E-state index in [-0.39, 0.29) is 12.3 Å². The highest BCUT2D eigenvalue weighted by Gasteiger charge is 2.32. The van der Waals surface area contributed by atoms with Crippen molar-refractivity contribution in [3.05, 3.63) is 23.8 Å². The fraction of sp³-hybridized carbons (Fsp3) is 0.533. The van der Waals surface area contributed by atoms with Gasteiger partial charge in [0.2, 0.25) is 0 Å². The van der Waals surface area contributed by atoms with E-state index in [0.717, 1.165) is 19.2 Å². The maximum atomic E-state index is 12.9. The second kappa shape index (κ2) is 7.71. The van der Waals surface area contributed by atoms with Gasteiger partial charge in [-0.3, -0.25) is 10.2 Å². The Kier molecular flexibility index (Phi) is 5.89. The van der Waals surface area contributed by atoms with Crippen molar-refractivity contribution in [3.63, 3.8) is 0 Å². The van der Waals surface area contributed by atoms with Gasteiger partial charge in [-0.1, -0.05) is 0 Å². The van der Waals surface area contributed by atoms with E-state index in [2.05, 4.69) is 15.0 Å². The summed E-state index contributed by atoms with van der Waals surface area (Å²) in [6.45, 7) is 3.16. The van der Waals surface area contributed by atoms with Crippen LogP contribution in [0.4, 0.5) is 29.3 Å². The van der Waals surface area contributed by atoms with Crippen molar-refractivity contribution >= 4 is 17.5 Å². The van der Waals surface area contributed by atoms with E-state index in [4.69, 9.17) is 5.11 Å². The lowest BCUT2D eigenvalue weighted by molar-refractivity contribution is -0.137. The van der Waals surface area contributed by atoms with Crippen LogP contribution in [0, 0.1) is 0 Å². The van der Waals surface area contributed by atoms with Crippen molar-refractivity contribution in [3.8, 4) is 0 Å². The number of halogens is 3. The normalized spacial score (nSPS) is 16.1. The molecule has 2 N–H and O–H groups in total. The zero-order valence-electron chi connectivity index (χ0n) is 13.3. The van der Waals surface area contributed by atoms with Gasteiger partial charge >= 0.3 is 12.3 Å². The number of ether oxygens (including phenoxy) is 1. The van der Waals surface area contributed by atoms with Crippen LogP contribution in [0.3, 0.4) is 0 Å². The molecule has 0 bridgehead atoms. The highest BCUT2D eigenvalue weighted by molar-refractivity contribution is 5.90. The highest BCUT2D eigenvalue weighted by Crippen LogP contribution is 2.35. The number of nitrogens with one attached hydrogen (secondary N) is 1. The molecule has 0 radical (unpaired) electrons. The quantitative estimate of drug-likeness (QED) is 0.872. The van der Waals surface area contributed by atoms with E-state index in [0.29, 0.717) is 38.4 Å². The van der Waals surface area contributed by atoms with Gasteiger partial charge in [-0.25, -0.2) is 4.79 Å². The fourth-order valence-electron chi connectivity index (χ4n) is 2.60. The second-order valence-corrected chi connectivity index (χ2v) is 5.40. The lowest BCUT2D eigenvalue weighted by Crippen LogP contribution is -2.47. The lowest BCUT2D eigenvalue weighted by Gasteiger charge is -2.36. The number of carbonyl (C=O) groups is 1. The lowest BCUT2D eigenvalue weighted by atomic mass is 10.1. The Bertz CT molecular complexity index is 573. The van der Waals surface area contributed by atoms with Crippen LogP contribution in [0.15, 0.2) is 18.2 Å². The first kappa shape index (κ1) is 18.3. The topological polar surface area (TPSA) is 65.0 Å². The fourth-order valence-corrected chi connectivity index (χ4v) is 2.60. The molecule has 134 valence electrons. The molecule has 0 atom stereocenters. The summed E-state index contributed by atoms with van der Waals surface area (Å²) in [7, 11) is 1.15. The van der Waals surface area contributed by atoms with Gasteiger partial charge in [0, 0.05) is 32.7 Å². The van der Waals surface area contributed by atoms with Gasteiger partial charge in [-0.05, 0) is 18.2 Å². The molecule has 1 aliphatic rings. The van der Waals surface area contributed by atoms with Crippen molar-refractivity contribution < 1.29 is 27.8 Å². The Morgan fingerprint density at radius 1 is 1.29 bits per heavy atom. The zero-order chi connectivity index (χ0) is 17.7. The van der Waals surface area contributed by atoms with E-state index in [1.54, 1.807) is 0 Å². The van der Waals surface area contributed by atoms with E-state index in [1.807, 2.05) is 4.90 Å². The number of amides is 1. The maximum absolute atomic E-state index is 12.9. The van der Waals surface area contributed by atoms with Gasteiger partial charge in [0.05, 0.1) is 30.7 Å². The number of aliphatic hydroxyl groups excluding tert-OH is 1. The third-order valence-corrected chi connectivity index (χ3v) is 3.88. The molecule has 1 aromatic rings. The number of nitrogens with zero attached hydrogens (tertiary/aromatic N) is 2. The third kappa shape index (κ3) is 4.51. The average molecular weight is 347 g/mol. The molecule has 1 saturated heterocycles. The molecule has 0 spiro atoms. The molecule has 6 nitrogen and oxygen atoms in total. The summed E-state index contributed by atoms with van der Waals surface area (Å²) in [4.78, 5) is 15.4. The van der Waals surface area contributed by atoms with Gasteiger partial charge in [-0.2, -0.15) is 13.2 Å². The average Bonchev–Trinajstić information content (AvgIpc) is 2.55. The SMILES string of the molecule is COC(=O)Nc1cc(C(F)(F)F)ccc1N1CCN(CCO)CC1. The van der Waals surface area contributed by atoms with Crippen LogP contribution in [0.1, 0.15) is 5.56 Å². The second-order valence-electron chi connectivity index (χ2n) is 5.40. The maximum Gasteiger partial charge on any atom is 0.416 e. The number of anilines is 2. The van der Waals surface area contributed by atoms with Crippen LogP contribution >= 0.6 is 0 Å². The molecular formula is C15H20F3N3O3. The summed E-state index contributed by atoms with van der Waals surface area (Å²) in [6, 6.07) is 3.26. The smallest absolute Gasteiger partial charge is 0.416 e. The minimum Gasteiger partial charge on any atom is -0.453 e. The first-order chi connectivity index (χ1) is 11.3. The summed E-state index contributed by atoms with van der Waals surface area (Å²) in [6.07, 6.45) is -5.32. The van der Waals surface area contributed by atoms with Crippen molar-refractivity contribution in [1.29, 1.82) is 0 Å². The number of piperazine rings is 1. The Hall–Kier alpha value is -2.00. The monoisotopic (exact) mass is 347 g/mol. The first-order valence-corrected chi connectivity index (χ1v) is 7.49. The third-order valence-electron chi connectivity index (χ3n) is 3.88. The van der Waals surface area contributed by atoms with Crippen LogP contribution in [0.5, 0.6) is 0 Å². The highest BCUT2D eigenvalue weighted by atomic mass is 19.4. The van der Waals surface area contributed by atoms with Crippen molar-refractivity contribution in [2.75, 3.05) is 56.7 Å². The van der Waals surface area contributed by atoms with E-state index >= 15 is 0 Å². The Balaban J connectivity index is 2.23. The van der Waals surface area contributed by atoms with Gasteiger partial charge in [-0.15, -0.1) is 0 Å². The van der Waals surface area contributed by atoms with Gasteiger partial charge in [0.1, 0.15) is 0 Å². The molecule has 1 heterocycles. The molecule has 0 aliphatic carbocycles. The molecule has 0 saturated carbocycles.